The van der Waals surface area contributed by atoms with Crippen LogP contribution in [-0.4, -0.2) is 27.1 Å². The predicted molar refractivity (Wildman–Crippen MR) is 171 cm³/mol. The summed E-state index contributed by atoms with van der Waals surface area (Å²) in [6, 6.07) is 28.7. The fourth-order valence-corrected chi connectivity index (χ4v) is 5.09. The van der Waals surface area contributed by atoms with Crippen molar-refractivity contribution in [2.24, 2.45) is 5.92 Å². The number of oxazole rings is 1. The van der Waals surface area contributed by atoms with Crippen LogP contribution in [-0.2, 0) is 17.8 Å². The van der Waals surface area contributed by atoms with Crippen molar-refractivity contribution in [3.05, 3.63) is 125 Å². The Morgan fingerprint density at radius 2 is 1.66 bits per heavy atom. The van der Waals surface area contributed by atoms with Gasteiger partial charge in [-0.1, -0.05) is 67.1 Å². The minimum absolute atomic E-state index is 0.149. The summed E-state index contributed by atoms with van der Waals surface area (Å²) in [5, 5.41) is 18.2. The number of hydrogen-bond donors (Lipinski definition) is 2. The van der Waals surface area contributed by atoms with Gasteiger partial charge in [-0.15, -0.1) is 0 Å². The second-order valence-corrected chi connectivity index (χ2v) is 11.0. The number of carboxylic acids is 2. The summed E-state index contributed by atoms with van der Waals surface area (Å²) in [7, 11) is 0. The molecule has 1 aromatic heterocycles. The average Bonchev–Trinajstić information content (AvgIpc) is 3.45. The molecule has 7 heteroatoms. The van der Waals surface area contributed by atoms with Crippen LogP contribution >= 0.6 is 0 Å². The quantitative estimate of drug-likeness (QED) is 0.125. The molecule has 1 heterocycles. The zero-order chi connectivity index (χ0) is 30.9. The van der Waals surface area contributed by atoms with E-state index in [4.69, 9.17) is 14.3 Å². The number of rotatable bonds is 14. The lowest BCUT2D eigenvalue weighted by Crippen LogP contribution is -2.04. The van der Waals surface area contributed by atoms with Gasteiger partial charge in [0.2, 0.25) is 5.89 Å². The van der Waals surface area contributed by atoms with Gasteiger partial charge in [-0.2, -0.15) is 0 Å². The molecule has 0 bridgehead atoms. The van der Waals surface area contributed by atoms with Crippen LogP contribution in [0.5, 0.6) is 5.75 Å². The SMILES string of the molecule is Cc1ccc2oc(-c3ccc(COc4ccccc4/C=C/C(CCCCC(=O)O)Cc4ccc(C(=O)O)cc4)cc3)nc2c1. The molecule has 0 aliphatic carbocycles. The molecule has 5 rings (SSSR count). The molecule has 5 aromatic rings. The van der Waals surface area contributed by atoms with Crippen LogP contribution in [0.2, 0.25) is 0 Å². The lowest BCUT2D eigenvalue weighted by Gasteiger charge is -2.14. The van der Waals surface area contributed by atoms with E-state index in [0.717, 1.165) is 63.9 Å². The van der Waals surface area contributed by atoms with Crippen molar-refractivity contribution >= 4 is 29.1 Å². The molecule has 0 aliphatic rings. The number of aromatic carboxylic acids is 1. The number of aliphatic carboxylic acids is 1. The predicted octanol–water partition coefficient (Wildman–Crippen LogP) is 8.60. The van der Waals surface area contributed by atoms with Crippen LogP contribution in [0, 0.1) is 12.8 Å². The third-order valence-corrected chi connectivity index (χ3v) is 7.52. The van der Waals surface area contributed by atoms with Gasteiger partial charge in [0.05, 0.1) is 5.56 Å². The first-order chi connectivity index (χ1) is 21.3. The highest BCUT2D eigenvalue weighted by Crippen LogP contribution is 2.27. The van der Waals surface area contributed by atoms with Gasteiger partial charge in [-0.25, -0.2) is 9.78 Å². The van der Waals surface area contributed by atoms with Gasteiger partial charge < -0.3 is 19.4 Å². The molecule has 1 unspecified atom stereocenters. The highest BCUT2D eigenvalue weighted by Gasteiger charge is 2.11. The van der Waals surface area contributed by atoms with Gasteiger partial charge in [-0.05, 0) is 91.3 Å². The number of carbonyl (C=O) groups is 2. The molecule has 0 aliphatic heterocycles. The summed E-state index contributed by atoms with van der Waals surface area (Å²) in [4.78, 5) is 26.8. The van der Waals surface area contributed by atoms with Crippen molar-refractivity contribution in [3.63, 3.8) is 0 Å². The Balaban J connectivity index is 1.25. The Morgan fingerprint density at radius 3 is 2.41 bits per heavy atom. The van der Waals surface area contributed by atoms with E-state index in [0.29, 0.717) is 18.9 Å². The van der Waals surface area contributed by atoms with Gasteiger partial charge in [0.1, 0.15) is 17.9 Å². The minimum atomic E-state index is -0.951. The molecule has 0 saturated carbocycles. The van der Waals surface area contributed by atoms with Gasteiger partial charge in [-0.3, -0.25) is 4.79 Å². The topological polar surface area (TPSA) is 110 Å². The average molecular weight is 590 g/mol. The monoisotopic (exact) mass is 589 g/mol. The van der Waals surface area contributed by atoms with E-state index >= 15 is 0 Å². The van der Waals surface area contributed by atoms with E-state index in [1.54, 1.807) is 12.1 Å². The van der Waals surface area contributed by atoms with E-state index in [2.05, 4.69) is 17.1 Å². The van der Waals surface area contributed by atoms with Gasteiger partial charge in [0.15, 0.2) is 5.58 Å². The van der Waals surface area contributed by atoms with E-state index in [9.17, 15) is 14.7 Å². The highest BCUT2D eigenvalue weighted by atomic mass is 16.5. The van der Waals surface area contributed by atoms with E-state index in [-0.39, 0.29) is 17.9 Å². The van der Waals surface area contributed by atoms with Gasteiger partial charge in [0.25, 0.3) is 0 Å². The third-order valence-electron chi connectivity index (χ3n) is 7.52. The molecule has 1 atom stereocenters. The van der Waals surface area contributed by atoms with E-state index in [1.807, 2.05) is 85.8 Å². The number of para-hydroxylation sites is 1. The van der Waals surface area contributed by atoms with Gasteiger partial charge in [0, 0.05) is 17.5 Å². The summed E-state index contributed by atoms with van der Waals surface area (Å²) < 4.78 is 12.2. The Hall–Kier alpha value is -5.17. The molecule has 0 radical (unpaired) electrons. The maximum atomic E-state index is 11.2. The standard InChI is InChI=1S/C37H35NO6/c1-25-10-21-34-32(22-25)38-36(44-34)30-17-14-28(15-18-30)24-43-33-8-4-3-7-29(33)16-11-26(6-2-5-9-35(39)40)23-27-12-19-31(20-13-27)37(41)42/h3-4,7-8,10-22,26H,2,5-6,9,23-24H2,1H3,(H,39,40)(H,41,42)/b16-11+. The molecular formula is C37H35NO6. The van der Waals surface area contributed by atoms with Crippen LogP contribution in [0.4, 0.5) is 0 Å². The largest absolute Gasteiger partial charge is 0.488 e. The molecule has 0 saturated heterocycles. The van der Waals surface area contributed by atoms with Crippen molar-refractivity contribution in [2.45, 2.75) is 45.6 Å². The Kier molecular flexibility index (Phi) is 9.87. The number of carboxylic acid groups (broad SMARTS) is 2. The number of nitrogens with zero attached hydrogens (tertiary/aromatic N) is 1. The smallest absolute Gasteiger partial charge is 0.335 e. The van der Waals surface area contributed by atoms with Crippen molar-refractivity contribution in [1.82, 2.24) is 4.98 Å². The number of aromatic nitrogens is 1. The summed E-state index contributed by atoms with van der Waals surface area (Å²) >= 11 is 0. The van der Waals surface area contributed by atoms with E-state index < -0.39 is 11.9 Å². The lowest BCUT2D eigenvalue weighted by atomic mass is 9.92. The minimum Gasteiger partial charge on any atom is -0.488 e. The first kappa shape index (κ1) is 30.3. The Labute approximate surface area is 256 Å². The molecule has 44 heavy (non-hydrogen) atoms. The van der Waals surface area contributed by atoms with Crippen LogP contribution < -0.4 is 4.74 Å². The second kappa shape index (κ2) is 14.3. The normalized spacial score (nSPS) is 12.0. The van der Waals surface area contributed by atoms with Crippen LogP contribution in [0.1, 0.15) is 58.3 Å². The van der Waals surface area contributed by atoms with Crippen molar-refractivity contribution < 1.29 is 29.0 Å². The number of ether oxygens (including phenoxy) is 1. The first-order valence-corrected chi connectivity index (χ1v) is 14.7. The second-order valence-electron chi connectivity index (χ2n) is 11.0. The Morgan fingerprint density at radius 1 is 0.909 bits per heavy atom. The summed E-state index contributed by atoms with van der Waals surface area (Å²) in [6.07, 6.45) is 7.29. The molecule has 7 nitrogen and oxygen atoms in total. The first-order valence-electron chi connectivity index (χ1n) is 14.7. The van der Waals surface area contributed by atoms with Crippen LogP contribution in [0.15, 0.2) is 101 Å². The zero-order valence-electron chi connectivity index (χ0n) is 24.6. The number of allylic oxidation sites excluding steroid dienone is 1. The zero-order valence-corrected chi connectivity index (χ0v) is 24.6. The maximum Gasteiger partial charge on any atom is 0.335 e. The Bertz CT molecular complexity index is 1750. The molecule has 224 valence electrons. The molecular weight excluding hydrogens is 554 g/mol. The summed E-state index contributed by atoms with van der Waals surface area (Å²) in [6.45, 7) is 2.43. The number of unbranched alkanes of at least 4 members (excludes halogenated alkanes) is 1. The molecule has 0 spiro atoms. The fraction of sp³-hybridized carbons (Fsp3) is 0.216. The van der Waals surface area contributed by atoms with E-state index in [1.165, 1.54) is 0 Å². The number of aryl methyl sites for hydroxylation is 1. The molecule has 4 aromatic carbocycles. The van der Waals surface area contributed by atoms with Crippen molar-refractivity contribution in [2.75, 3.05) is 0 Å². The van der Waals surface area contributed by atoms with Crippen LogP contribution in [0.25, 0.3) is 28.6 Å². The van der Waals surface area contributed by atoms with Crippen molar-refractivity contribution in [3.8, 4) is 17.2 Å². The summed E-state index contributed by atoms with van der Waals surface area (Å²) in [5.74, 6) is -0.242. The molecule has 0 fully saturated rings. The van der Waals surface area contributed by atoms with Crippen molar-refractivity contribution in [1.29, 1.82) is 0 Å². The molecule has 0 amide bonds. The van der Waals surface area contributed by atoms with Crippen LogP contribution in [0.3, 0.4) is 0 Å². The molecule has 2 N–H and O–H groups in total. The lowest BCUT2D eigenvalue weighted by molar-refractivity contribution is -0.137. The maximum absolute atomic E-state index is 11.2. The number of hydrogen-bond acceptors (Lipinski definition) is 5. The number of fused-ring (bicyclic) bond motifs is 1. The third kappa shape index (κ3) is 8.22. The summed E-state index contributed by atoms with van der Waals surface area (Å²) in [5.41, 5.74) is 6.89. The number of benzene rings is 4. The fourth-order valence-electron chi connectivity index (χ4n) is 5.09. The van der Waals surface area contributed by atoms with Gasteiger partial charge >= 0.3 is 11.9 Å². The highest BCUT2D eigenvalue weighted by molar-refractivity contribution is 5.87.